The number of aromatic nitrogens is 1. The number of hydrogen-bond donors (Lipinski definition) is 1. The van der Waals surface area contributed by atoms with Gasteiger partial charge in [0.2, 0.25) is 0 Å². The Morgan fingerprint density at radius 2 is 2.11 bits per heavy atom. The van der Waals surface area contributed by atoms with E-state index in [0.29, 0.717) is 5.02 Å². The molecule has 0 spiro atoms. The van der Waals surface area contributed by atoms with Gasteiger partial charge in [0.15, 0.2) is 5.13 Å². The number of fused-ring (bicyclic) bond motifs is 1. The number of anilines is 2. The summed E-state index contributed by atoms with van der Waals surface area (Å²) in [5, 5.41) is 4.91. The van der Waals surface area contributed by atoms with Crippen molar-refractivity contribution in [3.05, 3.63) is 51.5 Å². The molecule has 19 heavy (non-hydrogen) atoms. The van der Waals surface area contributed by atoms with E-state index in [1.54, 1.807) is 11.3 Å². The largest absolute Gasteiger partial charge is 0.331 e. The van der Waals surface area contributed by atoms with Gasteiger partial charge in [-0.2, -0.15) is 0 Å². The molecule has 0 amide bonds. The number of para-hydroxylation sites is 1. The summed E-state index contributed by atoms with van der Waals surface area (Å²) in [5.74, 6) is 0. The summed E-state index contributed by atoms with van der Waals surface area (Å²) in [4.78, 5) is 4.62. The lowest BCUT2D eigenvalue weighted by Gasteiger charge is -2.05. The molecule has 0 aliphatic rings. The topological polar surface area (TPSA) is 24.9 Å². The zero-order valence-electron chi connectivity index (χ0n) is 10.1. The normalized spacial score (nSPS) is 10.9. The average Bonchev–Trinajstić information content (AvgIpc) is 2.77. The fraction of sp³-hybridized carbons (Fsp3) is 0.0714. The number of aryl methyl sites for hydroxylation is 1. The summed E-state index contributed by atoms with van der Waals surface area (Å²) in [6.45, 7) is 2.07. The summed E-state index contributed by atoms with van der Waals surface area (Å²) in [5.41, 5.74) is 3.21. The minimum Gasteiger partial charge on any atom is -0.331 e. The molecule has 3 rings (SSSR count). The predicted octanol–water partition coefficient (Wildman–Crippen LogP) is 5.76. The zero-order valence-corrected chi connectivity index (χ0v) is 13.2. The first kappa shape index (κ1) is 12.9. The van der Waals surface area contributed by atoms with E-state index in [1.165, 1.54) is 10.3 Å². The maximum absolute atomic E-state index is 5.93. The van der Waals surface area contributed by atoms with Crippen LogP contribution in [0.1, 0.15) is 5.56 Å². The number of hydrogen-bond acceptors (Lipinski definition) is 3. The zero-order chi connectivity index (χ0) is 13.4. The van der Waals surface area contributed by atoms with Gasteiger partial charge in [0.25, 0.3) is 0 Å². The molecule has 0 atom stereocenters. The molecule has 1 aromatic heterocycles. The Morgan fingerprint density at radius 3 is 2.84 bits per heavy atom. The lowest BCUT2D eigenvalue weighted by atomic mass is 10.2. The van der Waals surface area contributed by atoms with Crippen LogP contribution in [-0.4, -0.2) is 4.98 Å². The summed E-state index contributed by atoms with van der Waals surface area (Å²) in [6.07, 6.45) is 0. The van der Waals surface area contributed by atoms with Gasteiger partial charge in [0, 0.05) is 9.50 Å². The molecule has 0 bridgehead atoms. The molecule has 0 radical (unpaired) electrons. The molecule has 5 heteroatoms. The number of nitrogens with one attached hydrogen (secondary N) is 1. The Kier molecular flexibility index (Phi) is 3.48. The van der Waals surface area contributed by atoms with Crippen molar-refractivity contribution in [1.29, 1.82) is 0 Å². The molecule has 96 valence electrons. The molecule has 0 aliphatic carbocycles. The van der Waals surface area contributed by atoms with Crippen molar-refractivity contribution in [3.63, 3.8) is 0 Å². The van der Waals surface area contributed by atoms with E-state index >= 15 is 0 Å². The number of nitrogens with zero attached hydrogens (tertiary/aromatic N) is 1. The van der Waals surface area contributed by atoms with Gasteiger partial charge in [-0.1, -0.05) is 35.1 Å². The first-order valence-electron chi connectivity index (χ1n) is 5.72. The van der Waals surface area contributed by atoms with Crippen LogP contribution in [0.4, 0.5) is 10.8 Å². The van der Waals surface area contributed by atoms with Crippen molar-refractivity contribution < 1.29 is 0 Å². The molecule has 1 heterocycles. The third-order valence-electron chi connectivity index (χ3n) is 2.79. The highest BCUT2D eigenvalue weighted by Crippen LogP contribution is 2.33. The van der Waals surface area contributed by atoms with Crippen LogP contribution >= 0.6 is 38.9 Å². The highest BCUT2D eigenvalue weighted by molar-refractivity contribution is 9.10. The van der Waals surface area contributed by atoms with Crippen LogP contribution in [-0.2, 0) is 0 Å². The van der Waals surface area contributed by atoms with E-state index in [1.807, 2.05) is 18.2 Å². The lowest BCUT2D eigenvalue weighted by molar-refractivity contribution is 1.40. The molecule has 0 fully saturated rings. The van der Waals surface area contributed by atoms with Gasteiger partial charge in [0.05, 0.1) is 15.9 Å². The van der Waals surface area contributed by atoms with Crippen LogP contribution in [0.2, 0.25) is 5.02 Å². The molecule has 0 aliphatic heterocycles. The Hall–Kier alpha value is -1.10. The molecule has 0 saturated heterocycles. The van der Waals surface area contributed by atoms with Gasteiger partial charge in [-0.05, 0) is 52.7 Å². The van der Waals surface area contributed by atoms with E-state index in [9.17, 15) is 0 Å². The van der Waals surface area contributed by atoms with E-state index in [0.717, 1.165) is 20.8 Å². The van der Waals surface area contributed by atoms with Gasteiger partial charge in [-0.25, -0.2) is 4.98 Å². The smallest absolute Gasteiger partial charge is 0.188 e. The van der Waals surface area contributed by atoms with Crippen LogP contribution in [0.3, 0.4) is 0 Å². The van der Waals surface area contributed by atoms with Crippen molar-refractivity contribution in [2.24, 2.45) is 0 Å². The second kappa shape index (κ2) is 5.12. The first-order valence-corrected chi connectivity index (χ1v) is 7.70. The third-order valence-corrected chi connectivity index (χ3v) is 4.62. The van der Waals surface area contributed by atoms with Crippen LogP contribution in [0.25, 0.3) is 10.2 Å². The summed E-state index contributed by atoms with van der Waals surface area (Å²) in [7, 11) is 0. The van der Waals surface area contributed by atoms with Gasteiger partial charge in [-0.15, -0.1) is 0 Å². The molecular weight excluding hydrogens is 344 g/mol. The fourth-order valence-corrected chi connectivity index (χ4v) is 3.58. The molecule has 2 nitrogen and oxygen atoms in total. The second-order valence-electron chi connectivity index (χ2n) is 4.19. The summed E-state index contributed by atoms with van der Waals surface area (Å²) < 4.78 is 2.11. The highest BCUT2D eigenvalue weighted by Gasteiger charge is 2.07. The monoisotopic (exact) mass is 352 g/mol. The molecule has 3 aromatic rings. The standard InChI is InChI=1S/C14H10BrClN2S/c1-8-3-2-4-12-13(8)18-14(19-12)17-11-6-5-9(16)7-10(11)15/h2-7H,1H3,(H,17,18). The van der Waals surface area contributed by atoms with Gasteiger partial charge in [-0.3, -0.25) is 0 Å². The fourth-order valence-electron chi connectivity index (χ4n) is 1.85. The number of benzene rings is 2. The molecule has 2 aromatic carbocycles. The maximum atomic E-state index is 5.93. The molecule has 1 N–H and O–H groups in total. The van der Waals surface area contributed by atoms with Crippen molar-refractivity contribution in [3.8, 4) is 0 Å². The number of rotatable bonds is 2. The van der Waals surface area contributed by atoms with E-state index in [-0.39, 0.29) is 0 Å². The first-order chi connectivity index (χ1) is 9.13. The lowest BCUT2D eigenvalue weighted by Crippen LogP contribution is -1.90. The van der Waals surface area contributed by atoms with Crippen molar-refractivity contribution in [2.45, 2.75) is 6.92 Å². The van der Waals surface area contributed by atoms with E-state index in [4.69, 9.17) is 11.6 Å². The predicted molar refractivity (Wildman–Crippen MR) is 86.8 cm³/mol. The van der Waals surface area contributed by atoms with Crippen molar-refractivity contribution >= 4 is 59.9 Å². The Bertz CT molecular complexity index is 754. The minimum absolute atomic E-state index is 0.706. The van der Waals surface area contributed by atoms with Crippen LogP contribution < -0.4 is 5.32 Å². The Morgan fingerprint density at radius 1 is 1.26 bits per heavy atom. The maximum Gasteiger partial charge on any atom is 0.188 e. The quantitative estimate of drug-likeness (QED) is 0.633. The van der Waals surface area contributed by atoms with Gasteiger partial charge < -0.3 is 5.32 Å². The van der Waals surface area contributed by atoms with Crippen molar-refractivity contribution in [1.82, 2.24) is 4.98 Å². The SMILES string of the molecule is Cc1cccc2sc(Nc3ccc(Cl)cc3Br)nc12. The molecular formula is C14H10BrClN2S. The minimum atomic E-state index is 0.706. The van der Waals surface area contributed by atoms with Crippen molar-refractivity contribution in [2.75, 3.05) is 5.32 Å². The number of thiazole rings is 1. The molecule has 0 unspecified atom stereocenters. The van der Waals surface area contributed by atoms with Crippen LogP contribution in [0.5, 0.6) is 0 Å². The summed E-state index contributed by atoms with van der Waals surface area (Å²) >= 11 is 11.1. The Balaban J connectivity index is 1.99. The van der Waals surface area contributed by atoms with E-state index < -0.39 is 0 Å². The van der Waals surface area contributed by atoms with E-state index in [2.05, 4.69) is 51.4 Å². The molecule has 0 saturated carbocycles. The summed E-state index contributed by atoms with van der Waals surface area (Å²) in [6, 6.07) is 11.9. The third kappa shape index (κ3) is 2.61. The average molecular weight is 354 g/mol. The number of halogens is 2. The van der Waals surface area contributed by atoms with Crippen LogP contribution in [0, 0.1) is 6.92 Å². The Labute approximate surface area is 128 Å². The van der Waals surface area contributed by atoms with Crippen LogP contribution in [0.15, 0.2) is 40.9 Å². The van der Waals surface area contributed by atoms with Gasteiger partial charge in [0.1, 0.15) is 0 Å². The second-order valence-corrected chi connectivity index (χ2v) is 6.51. The highest BCUT2D eigenvalue weighted by atomic mass is 79.9. The van der Waals surface area contributed by atoms with Gasteiger partial charge >= 0.3 is 0 Å².